The van der Waals surface area contributed by atoms with E-state index in [2.05, 4.69) is 27.9 Å². The second-order valence-corrected chi connectivity index (χ2v) is 7.87. The van der Waals surface area contributed by atoms with E-state index >= 15 is 0 Å². The molecule has 0 saturated carbocycles. The predicted molar refractivity (Wildman–Crippen MR) is 122 cm³/mol. The molecule has 9 heteroatoms. The summed E-state index contributed by atoms with van der Waals surface area (Å²) in [6.07, 6.45) is 2.03. The fourth-order valence-electron chi connectivity index (χ4n) is 2.72. The molecule has 31 heavy (non-hydrogen) atoms. The number of amides is 3. The normalized spacial score (nSPS) is 10.5. The fourth-order valence-corrected chi connectivity index (χ4v) is 3.64. The molecule has 0 aliphatic carbocycles. The van der Waals surface area contributed by atoms with Gasteiger partial charge in [-0.25, -0.2) is 4.98 Å². The van der Waals surface area contributed by atoms with Gasteiger partial charge < -0.3 is 20.7 Å². The molecule has 0 atom stereocenters. The van der Waals surface area contributed by atoms with E-state index in [1.54, 1.807) is 42.5 Å². The lowest BCUT2D eigenvalue weighted by Crippen LogP contribution is -2.32. The Morgan fingerprint density at radius 3 is 2.55 bits per heavy atom. The number of nitrogens with zero attached hydrogens (tertiary/aromatic N) is 1. The van der Waals surface area contributed by atoms with E-state index in [-0.39, 0.29) is 24.3 Å². The minimum atomic E-state index is -0.381. The molecule has 3 rings (SSSR count). The third kappa shape index (κ3) is 6.51. The van der Waals surface area contributed by atoms with Crippen molar-refractivity contribution in [3.05, 3.63) is 48.0 Å². The molecule has 3 amide bonds. The molecule has 1 heterocycles. The quantitative estimate of drug-likeness (QED) is 0.439. The number of rotatable bonds is 9. The Bertz CT molecular complexity index is 1080. The number of carbonyl (C=O) groups excluding carboxylic acids is 3. The first kappa shape index (κ1) is 22.2. The zero-order valence-corrected chi connectivity index (χ0v) is 18.2. The van der Waals surface area contributed by atoms with Crippen molar-refractivity contribution < 1.29 is 19.1 Å². The third-order valence-electron chi connectivity index (χ3n) is 4.25. The number of fused-ring (bicyclic) bond motifs is 1. The number of hydrogen-bond donors (Lipinski definition) is 3. The standard InChI is InChI=1S/C22H24N4O4S/c1-3-4-11-30-17-8-5-15(6-9-17)21(29)23-13-20(28)26-22-25-18-10-7-16(24-14(2)27)12-19(18)31-22/h5-10,12H,3-4,11,13H2,1-2H3,(H,23,29)(H,24,27)(H,25,26,28). The van der Waals surface area contributed by atoms with Crippen LogP contribution in [0, 0.1) is 0 Å². The lowest BCUT2D eigenvalue weighted by Gasteiger charge is -2.07. The van der Waals surface area contributed by atoms with Crippen LogP contribution in [0.1, 0.15) is 37.0 Å². The summed E-state index contributed by atoms with van der Waals surface area (Å²) < 4.78 is 6.40. The maximum absolute atomic E-state index is 12.3. The number of aromatic nitrogens is 1. The van der Waals surface area contributed by atoms with Crippen molar-refractivity contribution in [3.63, 3.8) is 0 Å². The SMILES string of the molecule is CCCCOc1ccc(C(=O)NCC(=O)Nc2nc3ccc(NC(C)=O)cc3s2)cc1. The van der Waals surface area contributed by atoms with Gasteiger partial charge in [0.15, 0.2) is 5.13 Å². The van der Waals surface area contributed by atoms with E-state index in [1.807, 2.05) is 0 Å². The van der Waals surface area contributed by atoms with Crippen LogP contribution in [0.15, 0.2) is 42.5 Å². The van der Waals surface area contributed by atoms with Gasteiger partial charge in [0.1, 0.15) is 5.75 Å². The highest BCUT2D eigenvalue weighted by atomic mass is 32.1. The van der Waals surface area contributed by atoms with Crippen LogP contribution in [0.2, 0.25) is 0 Å². The van der Waals surface area contributed by atoms with Gasteiger partial charge in [-0.05, 0) is 48.9 Å². The monoisotopic (exact) mass is 440 g/mol. The molecule has 0 saturated heterocycles. The molecule has 3 N–H and O–H groups in total. The summed E-state index contributed by atoms with van der Waals surface area (Å²) in [5, 5.41) is 8.40. The van der Waals surface area contributed by atoms with Gasteiger partial charge >= 0.3 is 0 Å². The second kappa shape index (κ2) is 10.5. The van der Waals surface area contributed by atoms with Crippen molar-refractivity contribution in [3.8, 4) is 5.75 Å². The van der Waals surface area contributed by atoms with Crippen molar-refractivity contribution in [2.24, 2.45) is 0 Å². The number of anilines is 2. The maximum Gasteiger partial charge on any atom is 0.251 e. The molecule has 162 valence electrons. The van der Waals surface area contributed by atoms with Crippen LogP contribution in [0.4, 0.5) is 10.8 Å². The maximum atomic E-state index is 12.3. The number of nitrogens with one attached hydrogen (secondary N) is 3. The molecule has 8 nitrogen and oxygen atoms in total. The summed E-state index contributed by atoms with van der Waals surface area (Å²) in [5.74, 6) is -0.180. The molecule has 0 fully saturated rings. The average Bonchev–Trinajstić information content (AvgIpc) is 3.13. The number of benzene rings is 2. The first-order valence-electron chi connectivity index (χ1n) is 9.93. The predicted octanol–water partition coefficient (Wildman–Crippen LogP) is 3.80. The molecular weight excluding hydrogens is 416 g/mol. The summed E-state index contributed by atoms with van der Waals surface area (Å²) in [4.78, 5) is 40.0. The van der Waals surface area contributed by atoms with Crippen LogP contribution >= 0.6 is 11.3 Å². The van der Waals surface area contributed by atoms with E-state index in [0.29, 0.717) is 34.3 Å². The Balaban J connectivity index is 1.51. The zero-order chi connectivity index (χ0) is 22.2. The van der Waals surface area contributed by atoms with Crippen LogP contribution in [-0.2, 0) is 9.59 Å². The van der Waals surface area contributed by atoms with Gasteiger partial charge in [0.25, 0.3) is 5.91 Å². The lowest BCUT2D eigenvalue weighted by molar-refractivity contribution is -0.115. The molecule has 0 spiro atoms. The number of carbonyl (C=O) groups is 3. The molecule has 1 aromatic heterocycles. The second-order valence-electron chi connectivity index (χ2n) is 6.84. The Labute approximate surface area is 184 Å². The molecule has 0 aliphatic heterocycles. The highest BCUT2D eigenvalue weighted by Gasteiger charge is 2.11. The molecule has 0 bridgehead atoms. The molecule has 0 unspecified atom stereocenters. The van der Waals surface area contributed by atoms with Gasteiger partial charge in [-0.2, -0.15) is 0 Å². The molecule has 0 radical (unpaired) electrons. The van der Waals surface area contributed by atoms with Crippen LogP contribution in [0.25, 0.3) is 10.2 Å². The minimum absolute atomic E-state index is 0.160. The van der Waals surface area contributed by atoms with Gasteiger partial charge in [-0.3, -0.25) is 14.4 Å². The van der Waals surface area contributed by atoms with E-state index < -0.39 is 0 Å². The summed E-state index contributed by atoms with van der Waals surface area (Å²) >= 11 is 1.29. The average molecular weight is 441 g/mol. The molecular formula is C22H24N4O4S. The van der Waals surface area contributed by atoms with Crippen molar-refractivity contribution in [1.29, 1.82) is 0 Å². The Hall–Kier alpha value is -3.46. The summed E-state index contributed by atoms with van der Waals surface area (Å²) in [7, 11) is 0. The van der Waals surface area contributed by atoms with Crippen LogP contribution in [0.5, 0.6) is 5.75 Å². The number of hydrogen-bond acceptors (Lipinski definition) is 6. The zero-order valence-electron chi connectivity index (χ0n) is 17.4. The first-order valence-corrected chi connectivity index (χ1v) is 10.8. The van der Waals surface area contributed by atoms with Crippen molar-refractivity contribution in [2.75, 3.05) is 23.8 Å². The van der Waals surface area contributed by atoms with Gasteiger partial charge in [-0.15, -0.1) is 0 Å². The Kier molecular flexibility index (Phi) is 7.55. The van der Waals surface area contributed by atoms with E-state index in [9.17, 15) is 14.4 Å². The summed E-state index contributed by atoms with van der Waals surface area (Å²) in [6, 6.07) is 12.1. The fraction of sp³-hybridized carbons (Fsp3) is 0.273. The number of unbranched alkanes of at least 4 members (excludes halogenated alkanes) is 1. The highest BCUT2D eigenvalue weighted by Crippen LogP contribution is 2.28. The van der Waals surface area contributed by atoms with Crippen molar-refractivity contribution in [2.45, 2.75) is 26.7 Å². The smallest absolute Gasteiger partial charge is 0.251 e. The number of thiazole rings is 1. The topological polar surface area (TPSA) is 109 Å². The highest BCUT2D eigenvalue weighted by molar-refractivity contribution is 7.22. The first-order chi connectivity index (χ1) is 14.9. The molecule has 0 aliphatic rings. The number of ether oxygens (including phenoxy) is 1. The third-order valence-corrected chi connectivity index (χ3v) is 5.18. The summed E-state index contributed by atoms with van der Waals surface area (Å²) in [6.45, 7) is 3.99. The van der Waals surface area contributed by atoms with Crippen molar-refractivity contribution >= 4 is 50.1 Å². The lowest BCUT2D eigenvalue weighted by atomic mass is 10.2. The van der Waals surface area contributed by atoms with Crippen LogP contribution < -0.4 is 20.7 Å². The minimum Gasteiger partial charge on any atom is -0.494 e. The van der Waals surface area contributed by atoms with Crippen molar-refractivity contribution in [1.82, 2.24) is 10.3 Å². The van der Waals surface area contributed by atoms with E-state index in [0.717, 1.165) is 17.5 Å². The van der Waals surface area contributed by atoms with Gasteiger partial charge in [-0.1, -0.05) is 24.7 Å². The van der Waals surface area contributed by atoms with Gasteiger partial charge in [0.2, 0.25) is 11.8 Å². The Morgan fingerprint density at radius 1 is 1.06 bits per heavy atom. The summed E-state index contributed by atoms with van der Waals surface area (Å²) in [5.41, 5.74) is 1.82. The molecule has 2 aromatic carbocycles. The van der Waals surface area contributed by atoms with Crippen LogP contribution in [0.3, 0.4) is 0 Å². The Morgan fingerprint density at radius 2 is 1.84 bits per heavy atom. The van der Waals surface area contributed by atoms with E-state index in [1.165, 1.54) is 18.3 Å². The largest absolute Gasteiger partial charge is 0.494 e. The molecule has 3 aromatic rings. The van der Waals surface area contributed by atoms with Gasteiger partial charge in [0, 0.05) is 18.2 Å². The van der Waals surface area contributed by atoms with Gasteiger partial charge in [0.05, 0.1) is 23.4 Å². The van der Waals surface area contributed by atoms with E-state index in [4.69, 9.17) is 4.74 Å². The van der Waals surface area contributed by atoms with Crippen LogP contribution in [-0.4, -0.2) is 35.9 Å².